The molecule has 4 heteroatoms. The van der Waals surface area contributed by atoms with Crippen LogP contribution in [0.15, 0.2) is 0 Å². The predicted molar refractivity (Wildman–Crippen MR) is 67.3 cm³/mol. The first kappa shape index (κ1) is 16.8. The molecule has 0 saturated heterocycles. The third-order valence-corrected chi connectivity index (χ3v) is 4.12. The Balaban J connectivity index is 4.71. The van der Waals surface area contributed by atoms with Gasteiger partial charge in [0.2, 0.25) is 0 Å². The molecule has 4 unspecified atom stereocenters. The summed E-state index contributed by atoms with van der Waals surface area (Å²) in [4.78, 5) is 0. The Morgan fingerprint density at radius 2 is 1.53 bits per heavy atom. The molecule has 4 atom stereocenters. The van der Waals surface area contributed by atoms with Crippen molar-refractivity contribution >= 4 is 0 Å². The van der Waals surface area contributed by atoms with Crippen molar-refractivity contribution in [3.8, 4) is 0 Å². The normalized spacial score (nSPS) is 21.4. The van der Waals surface area contributed by atoms with Gasteiger partial charge in [0, 0.05) is 12.3 Å². The fourth-order valence-electron chi connectivity index (χ4n) is 2.10. The number of rotatable bonds is 7. The van der Waals surface area contributed by atoms with Crippen LogP contribution in [0.2, 0.25) is 0 Å². The summed E-state index contributed by atoms with van der Waals surface area (Å²) in [5.74, 6) is -0.495. The molecule has 0 saturated carbocycles. The van der Waals surface area contributed by atoms with E-state index in [0.29, 0.717) is 6.42 Å². The number of aliphatic hydroxyl groups excluding tert-OH is 2. The number of hydrogen-bond donors (Lipinski definition) is 4. The van der Waals surface area contributed by atoms with Gasteiger partial charge in [0.15, 0.2) is 6.29 Å². The number of aliphatic hydroxyl groups is 4. The highest BCUT2D eigenvalue weighted by atomic mass is 16.5. The van der Waals surface area contributed by atoms with Crippen molar-refractivity contribution < 1.29 is 20.4 Å². The maximum absolute atomic E-state index is 10.3. The highest BCUT2D eigenvalue weighted by molar-refractivity contribution is 4.89. The molecule has 0 aromatic carbocycles. The highest BCUT2D eigenvalue weighted by Gasteiger charge is 2.39. The maximum Gasteiger partial charge on any atom is 0.151 e. The third-order valence-electron chi connectivity index (χ3n) is 4.12. The lowest BCUT2D eigenvalue weighted by Crippen LogP contribution is -2.47. The van der Waals surface area contributed by atoms with Crippen LogP contribution in [0, 0.1) is 17.8 Å². The van der Waals surface area contributed by atoms with Crippen LogP contribution in [0.5, 0.6) is 0 Å². The Hall–Kier alpha value is -0.160. The van der Waals surface area contributed by atoms with Gasteiger partial charge in [-0.3, -0.25) is 0 Å². The van der Waals surface area contributed by atoms with Crippen molar-refractivity contribution in [1.82, 2.24) is 0 Å². The fraction of sp³-hybridized carbons (Fsp3) is 1.00. The molecule has 0 heterocycles. The summed E-state index contributed by atoms with van der Waals surface area (Å²) in [5, 5.41) is 38.5. The molecule has 0 radical (unpaired) electrons. The zero-order valence-corrected chi connectivity index (χ0v) is 11.6. The van der Waals surface area contributed by atoms with Gasteiger partial charge >= 0.3 is 0 Å². The van der Waals surface area contributed by atoms with Crippen molar-refractivity contribution in [1.29, 1.82) is 0 Å². The summed E-state index contributed by atoms with van der Waals surface area (Å²) in [6, 6.07) is 0. The van der Waals surface area contributed by atoms with Crippen LogP contribution >= 0.6 is 0 Å². The van der Waals surface area contributed by atoms with Gasteiger partial charge in [0.25, 0.3) is 0 Å². The van der Waals surface area contributed by atoms with Crippen LogP contribution in [-0.4, -0.2) is 38.4 Å². The fourth-order valence-corrected chi connectivity index (χ4v) is 2.10. The van der Waals surface area contributed by atoms with Crippen LogP contribution in [-0.2, 0) is 0 Å². The summed E-state index contributed by atoms with van der Waals surface area (Å²) in [6.07, 6.45) is -1.36. The molecule has 0 aliphatic carbocycles. The summed E-state index contributed by atoms with van der Waals surface area (Å²) < 4.78 is 0. The van der Waals surface area contributed by atoms with Gasteiger partial charge < -0.3 is 20.4 Å². The largest absolute Gasteiger partial charge is 0.392 e. The van der Waals surface area contributed by atoms with Crippen molar-refractivity contribution in [2.24, 2.45) is 17.8 Å². The zero-order valence-electron chi connectivity index (χ0n) is 11.6. The smallest absolute Gasteiger partial charge is 0.151 e. The molecule has 0 spiro atoms. The molecular formula is C13H28O4. The summed E-state index contributed by atoms with van der Waals surface area (Å²) in [5.41, 5.74) is -0.965. The predicted octanol–water partition coefficient (Wildman–Crippen LogP) is 1.12. The molecule has 0 fully saturated rings. The second-order valence-electron chi connectivity index (χ2n) is 5.54. The van der Waals surface area contributed by atoms with Gasteiger partial charge in [-0.1, -0.05) is 34.1 Å². The van der Waals surface area contributed by atoms with Crippen molar-refractivity contribution in [3.63, 3.8) is 0 Å². The first-order valence-corrected chi connectivity index (χ1v) is 6.41. The van der Waals surface area contributed by atoms with Gasteiger partial charge in [-0.2, -0.15) is 0 Å². The van der Waals surface area contributed by atoms with Crippen LogP contribution in [0.4, 0.5) is 0 Å². The molecule has 17 heavy (non-hydrogen) atoms. The lowest BCUT2D eigenvalue weighted by atomic mass is 9.74. The van der Waals surface area contributed by atoms with Crippen molar-refractivity contribution in [2.45, 2.75) is 65.5 Å². The Morgan fingerprint density at radius 1 is 1.06 bits per heavy atom. The second-order valence-corrected chi connectivity index (χ2v) is 5.54. The van der Waals surface area contributed by atoms with Crippen LogP contribution < -0.4 is 0 Å². The van der Waals surface area contributed by atoms with Crippen molar-refractivity contribution in [3.05, 3.63) is 0 Å². The molecule has 0 aromatic heterocycles. The SMILES string of the molecule is CCC(CC(O)O)C(O)C(C)C(C)(O)C(C)C. The van der Waals surface area contributed by atoms with E-state index in [1.165, 1.54) is 0 Å². The first-order valence-electron chi connectivity index (χ1n) is 6.41. The lowest BCUT2D eigenvalue weighted by Gasteiger charge is -2.39. The molecule has 0 aromatic rings. The quantitative estimate of drug-likeness (QED) is 0.509. The van der Waals surface area contributed by atoms with E-state index in [9.17, 15) is 10.2 Å². The van der Waals surface area contributed by atoms with E-state index in [1.54, 1.807) is 13.8 Å². The van der Waals surface area contributed by atoms with Crippen LogP contribution in [0.3, 0.4) is 0 Å². The molecule has 4 N–H and O–H groups in total. The average molecular weight is 248 g/mol. The molecule has 0 aliphatic rings. The van der Waals surface area contributed by atoms with E-state index >= 15 is 0 Å². The minimum atomic E-state index is -1.41. The topological polar surface area (TPSA) is 80.9 Å². The van der Waals surface area contributed by atoms with Crippen LogP contribution in [0.25, 0.3) is 0 Å². The molecule has 0 amide bonds. The minimum Gasteiger partial charge on any atom is -0.392 e. The van der Waals surface area contributed by atoms with E-state index in [1.807, 2.05) is 20.8 Å². The second kappa shape index (κ2) is 6.69. The Morgan fingerprint density at radius 3 is 1.82 bits per heavy atom. The Labute approximate surface area is 104 Å². The Kier molecular flexibility index (Phi) is 6.62. The monoisotopic (exact) mass is 248 g/mol. The van der Waals surface area contributed by atoms with E-state index < -0.39 is 18.0 Å². The third kappa shape index (κ3) is 4.54. The van der Waals surface area contributed by atoms with Crippen LogP contribution in [0.1, 0.15) is 47.5 Å². The highest BCUT2D eigenvalue weighted by Crippen LogP contribution is 2.32. The standard InChI is InChI=1S/C13H28O4/c1-6-10(7-11(14)15)12(16)9(4)13(5,17)8(2)3/h8-12,14-17H,6-7H2,1-5H3. The zero-order chi connectivity index (χ0) is 13.8. The summed E-state index contributed by atoms with van der Waals surface area (Å²) >= 11 is 0. The molecule has 0 aliphatic heterocycles. The number of hydrogen-bond acceptors (Lipinski definition) is 4. The summed E-state index contributed by atoms with van der Waals surface area (Å²) in [6.45, 7) is 9.23. The first-order chi connectivity index (χ1) is 7.64. The van der Waals surface area contributed by atoms with Gasteiger partial charge in [-0.05, 0) is 18.8 Å². The van der Waals surface area contributed by atoms with Gasteiger partial charge in [0.1, 0.15) is 0 Å². The molecule has 104 valence electrons. The molecule has 4 nitrogen and oxygen atoms in total. The summed E-state index contributed by atoms with van der Waals surface area (Å²) in [7, 11) is 0. The van der Waals surface area contributed by atoms with Gasteiger partial charge in [-0.15, -0.1) is 0 Å². The molecule has 0 rings (SSSR count). The maximum atomic E-state index is 10.3. The van der Waals surface area contributed by atoms with E-state index in [2.05, 4.69) is 0 Å². The van der Waals surface area contributed by atoms with E-state index in [4.69, 9.17) is 10.2 Å². The molecule has 0 bridgehead atoms. The van der Waals surface area contributed by atoms with Gasteiger partial charge in [0.05, 0.1) is 11.7 Å². The van der Waals surface area contributed by atoms with Gasteiger partial charge in [-0.25, -0.2) is 0 Å². The average Bonchev–Trinajstić information content (AvgIpc) is 2.23. The van der Waals surface area contributed by atoms with Crippen molar-refractivity contribution in [2.75, 3.05) is 0 Å². The lowest BCUT2D eigenvalue weighted by molar-refractivity contribution is -0.116. The van der Waals surface area contributed by atoms with E-state index in [0.717, 1.165) is 0 Å². The van der Waals surface area contributed by atoms with E-state index in [-0.39, 0.29) is 24.2 Å². The Bertz CT molecular complexity index is 213. The minimum absolute atomic E-state index is 0.0312. The molecular weight excluding hydrogens is 220 g/mol.